The van der Waals surface area contributed by atoms with Crippen LogP contribution in [0.1, 0.15) is 19.3 Å². The minimum atomic E-state index is -0.575. The summed E-state index contributed by atoms with van der Waals surface area (Å²) in [6, 6.07) is 9.83. The number of phenols is 1. The third-order valence-corrected chi connectivity index (χ3v) is 8.27. The van der Waals surface area contributed by atoms with Gasteiger partial charge in [-0.25, -0.2) is 4.39 Å². The van der Waals surface area contributed by atoms with E-state index in [1.165, 1.54) is 30.5 Å². The first-order valence-electron chi connectivity index (χ1n) is 14.0. The number of hydrogen-bond acceptors (Lipinski definition) is 9. The predicted octanol–water partition coefficient (Wildman–Crippen LogP) is 4.48. The third kappa shape index (κ3) is 4.88. The number of halogens is 1. The monoisotopic (exact) mass is 570 g/mol. The molecule has 2 fully saturated rings. The number of piperazine rings is 1. The Balaban J connectivity index is 1.50. The van der Waals surface area contributed by atoms with Crippen LogP contribution in [-0.2, 0) is 4.79 Å². The number of nitriles is 1. The number of amides is 1. The van der Waals surface area contributed by atoms with Gasteiger partial charge in [-0.2, -0.15) is 15.2 Å². The number of nitrogens with zero attached hydrogens (tertiary/aromatic N) is 6. The van der Waals surface area contributed by atoms with Gasteiger partial charge < -0.3 is 29.0 Å². The van der Waals surface area contributed by atoms with Crippen LogP contribution in [0.25, 0.3) is 33.0 Å². The molecule has 0 bridgehead atoms. The van der Waals surface area contributed by atoms with Gasteiger partial charge in [-0.15, -0.1) is 0 Å². The summed E-state index contributed by atoms with van der Waals surface area (Å²) in [7, 11) is 2.06. The number of carbonyl (C=O) groups is 1. The molecule has 4 aromatic rings. The normalized spacial score (nSPS) is 19.4. The lowest BCUT2D eigenvalue weighted by Crippen LogP contribution is -2.55. The summed E-state index contributed by atoms with van der Waals surface area (Å²) in [5, 5.41) is 21.3. The molecular weight excluding hydrogens is 539 g/mol. The number of hydrogen-bond donors (Lipinski definition) is 1. The van der Waals surface area contributed by atoms with Crippen LogP contribution < -0.4 is 9.64 Å². The number of benzene rings is 2. The number of fused-ring (bicyclic) bond motifs is 3. The number of anilines is 1. The molecule has 0 spiro atoms. The zero-order valence-electron chi connectivity index (χ0n) is 23.3. The number of likely N-dealkylation sites (N-methyl/N-ethyl adjacent to an activating group) is 1. The summed E-state index contributed by atoms with van der Waals surface area (Å²) in [5.41, 5.74) is 1.36. The smallest absolute Gasteiger partial charge is 0.319 e. The second-order valence-corrected chi connectivity index (χ2v) is 10.7. The Morgan fingerprint density at radius 2 is 2.14 bits per heavy atom. The highest BCUT2D eigenvalue weighted by molar-refractivity contribution is 6.14. The fraction of sp³-hybridized carbons (Fsp3) is 0.355. The van der Waals surface area contributed by atoms with Crippen LogP contribution in [0.4, 0.5) is 10.2 Å². The van der Waals surface area contributed by atoms with Crippen molar-refractivity contribution in [1.82, 2.24) is 19.8 Å². The zero-order chi connectivity index (χ0) is 29.4. The molecule has 1 N–H and O–H groups in total. The SMILES string of the molecule is C=CC(=O)N1CCN(c2nc(OC[C@@H]3CCCN3C)nc3cc(-c4c(O)cccc4F)c4ccoc4c23)C[C@@H]1CC#N. The molecule has 1 amide bonds. The fourth-order valence-electron chi connectivity index (χ4n) is 6.07. The maximum Gasteiger partial charge on any atom is 0.319 e. The molecular formula is C31H31FN6O4. The van der Waals surface area contributed by atoms with Crippen molar-refractivity contribution in [3.8, 4) is 29.0 Å². The Kier molecular flexibility index (Phi) is 7.39. The summed E-state index contributed by atoms with van der Waals surface area (Å²) in [6.07, 6.45) is 5.01. The fourth-order valence-corrected chi connectivity index (χ4v) is 6.07. The van der Waals surface area contributed by atoms with E-state index < -0.39 is 5.82 Å². The highest BCUT2D eigenvalue weighted by atomic mass is 19.1. The summed E-state index contributed by atoms with van der Waals surface area (Å²) in [6.45, 7) is 6.17. The molecule has 216 valence electrons. The summed E-state index contributed by atoms with van der Waals surface area (Å²) in [5.74, 6) is -0.467. The maximum absolute atomic E-state index is 15.1. The van der Waals surface area contributed by atoms with Gasteiger partial charge in [-0.05, 0) is 56.8 Å². The number of phenolic OH excluding ortho intramolecular Hbond substituents is 1. The molecule has 2 atom stereocenters. The lowest BCUT2D eigenvalue weighted by Gasteiger charge is -2.41. The van der Waals surface area contributed by atoms with Crippen molar-refractivity contribution in [3.05, 3.63) is 55.1 Å². The summed E-state index contributed by atoms with van der Waals surface area (Å²) < 4.78 is 27.2. The molecule has 42 heavy (non-hydrogen) atoms. The maximum atomic E-state index is 15.1. The first-order chi connectivity index (χ1) is 20.4. The molecule has 2 saturated heterocycles. The minimum absolute atomic E-state index is 0.0478. The highest BCUT2D eigenvalue weighted by Crippen LogP contribution is 2.43. The largest absolute Gasteiger partial charge is 0.507 e. The number of aromatic hydroxyl groups is 1. The minimum Gasteiger partial charge on any atom is -0.507 e. The van der Waals surface area contributed by atoms with Crippen LogP contribution in [-0.4, -0.2) is 82.7 Å². The van der Waals surface area contributed by atoms with Gasteiger partial charge >= 0.3 is 6.01 Å². The summed E-state index contributed by atoms with van der Waals surface area (Å²) in [4.78, 5) is 28.0. The van der Waals surface area contributed by atoms with Gasteiger partial charge in [-0.1, -0.05) is 12.6 Å². The van der Waals surface area contributed by atoms with Crippen LogP contribution in [0.2, 0.25) is 0 Å². The quantitative estimate of drug-likeness (QED) is 0.321. The van der Waals surface area contributed by atoms with Gasteiger partial charge in [0.1, 0.15) is 29.6 Å². The van der Waals surface area contributed by atoms with Crippen molar-refractivity contribution >= 4 is 33.6 Å². The van der Waals surface area contributed by atoms with E-state index in [0.29, 0.717) is 59.5 Å². The highest BCUT2D eigenvalue weighted by Gasteiger charge is 2.32. The van der Waals surface area contributed by atoms with Crippen LogP contribution in [0.3, 0.4) is 0 Å². The molecule has 2 aliphatic heterocycles. The third-order valence-electron chi connectivity index (χ3n) is 8.27. The molecule has 11 heteroatoms. The van der Waals surface area contributed by atoms with Crippen molar-refractivity contribution < 1.29 is 23.4 Å². The van der Waals surface area contributed by atoms with E-state index >= 15 is 4.39 Å². The summed E-state index contributed by atoms with van der Waals surface area (Å²) >= 11 is 0. The molecule has 2 aromatic carbocycles. The number of carbonyl (C=O) groups excluding carboxylic acids is 1. The Morgan fingerprint density at radius 3 is 2.88 bits per heavy atom. The first kappa shape index (κ1) is 27.5. The van der Waals surface area contributed by atoms with E-state index in [9.17, 15) is 15.2 Å². The zero-order valence-corrected chi connectivity index (χ0v) is 23.3. The van der Waals surface area contributed by atoms with Gasteiger partial charge in [0.15, 0.2) is 0 Å². The van der Waals surface area contributed by atoms with Gasteiger partial charge in [0.05, 0.1) is 41.3 Å². The molecule has 4 heterocycles. The number of ether oxygens (including phenoxy) is 1. The van der Waals surface area contributed by atoms with Crippen molar-refractivity contribution in [2.24, 2.45) is 0 Å². The van der Waals surface area contributed by atoms with E-state index in [1.807, 2.05) is 4.90 Å². The number of likely N-dealkylation sites (tertiary alicyclic amines) is 1. The molecule has 0 radical (unpaired) electrons. The standard InChI is InChI=1S/C31H31FN6O4/c1-3-26(40)38-14-13-37(17-19(38)9-11-33)30-28-24(34-31(35-30)42-18-20-6-5-12-36(20)2)16-22(21-10-15-41-29(21)28)27-23(32)7-4-8-25(27)39/h3-4,7-8,10,15-16,19-20,39H,1,5-6,9,12-14,17-18H2,2H3/t19-,20-/m0/s1. The first-order valence-corrected chi connectivity index (χ1v) is 14.0. The Labute approximate surface area is 242 Å². The number of furan rings is 1. The second-order valence-electron chi connectivity index (χ2n) is 10.7. The molecule has 0 unspecified atom stereocenters. The molecule has 0 saturated carbocycles. The van der Waals surface area contributed by atoms with E-state index in [2.05, 4.69) is 24.6 Å². The average Bonchev–Trinajstić information content (AvgIpc) is 3.64. The Bertz CT molecular complexity index is 1700. The van der Waals surface area contributed by atoms with Gasteiger partial charge in [-0.3, -0.25) is 4.79 Å². The van der Waals surface area contributed by atoms with Crippen LogP contribution in [0.5, 0.6) is 11.8 Å². The van der Waals surface area contributed by atoms with Gasteiger partial charge in [0, 0.05) is 36.6 Å². The van der Waals surface area contributed by atoms with Crippen LogP contribution in [0, 0.1) is 17.1 Å². The Hall–Kier alpha value is -4.69. The van der Waals surface area contributed by atoms with Gasteiger partial charge in [0.2, 0.25) is 5.91 Å². The van der Waals surface area contributed by atoms with E-state index in [1.54, 1.807) is 17.0 Å². The van der Waals surface area contributed by atoms with E-state index in [4.69, 9.17) is 19.1 Å². The van der Waals surface area contributed by atoms with E-state index in [-0.39, 0.29) is 41.7 Å². The molecule has 2 aromatic heterocycles. The lowest BCUT2D eigenvalue weighted by atomic mass is 9.97. The van der Waals surface area contributed by atoms with Crippen molar-refractivity contribution in [2.75, 3.05) is 44.7 Å². The van der Waals surface area contributed by atoms with E-state index in [0.717, 1.165) is 19.4 Å². The van der Waals surface area contributed by atoms with Crippen molar-refractivity contribution in [3.63, 3.8) is 0 Å². The van der Waals surface area contributed by atoms with Gasteiger partial charge in [0.25, 0.3) is 0 Å². The molecule has 0 aliphatic carbocycles. The van der Waals surface area contributed by atoms with Crippen molar-refractivity contribution in [2.45, 2.75) is 31.3 Å². The lowest BCUT2D eigenvalue weighted by molar-refractivity contribution is -0.128. The van der Waals surface area contributed by atoms with Crippen LogP contribution >= 0.6 is 0 Å². The van der Waals surface area contributed by atoms with Crippen LogP contribution in [0.15, 0.2) is 53.7 Å². The van der Waals surface area contributed by atoms with Crippen molar-refractivity contribution in [1.29, 1.82) is 5.26 Å². The topological polar surface area (TPSA) is 119 Å². The molecule has 10 nitrogen and oxygen atoms in total. The average molecular weight is 571 g/mol. The molecule has 6 rings (SSSR count). The Morgan fingerprint density at radius 1 is 1.29 bits per heavy atom. The number of aromatic nitrogens is 2. The molecule has 2 aliphatic rings. The second kappa shape index (κ2) is 11.3. The predicted molar refractivity (Wildman–Crippen MR) is 156 cm³/mol. The number of rotatable bonds is 7.